The molecule has 1 aliphatic carbocycles. The lowest BCUT2D eigenvalue weighted by Gasteiger charge is -2.49. The number of nitrogens with zero attached hydrogens (tertiary/aromatic N) is 1. The minimum Gasteiger partial charge on any atom is -0.381 e. The van der Waals surface area contributed by atoms with Crippen molar-refractivity contribution in [3.63, 3.8) is 0 Å². The number of nitrogens with two attached hydrogens (primary N) is 1. The van der Waals surface area contributed by atoms with Crippen molar-refractivity contribution in [2.45, 2.75) is 44.2 Å². The third-order valence-corrected chi connectivity index (χ3v) is 4.65. The zero-order valence-corrected chi connectivity index (χ0v) is 10.0. The van der Waals surface area contributed by atoms with E-state index in [1.165, 1.54) is 25.7 Å². The van der Waals surface area contributed by atoms with E-state index in [0.29, 0.717) is 5.92 Å². The van der Waals surface area contributed by atoms with Crippen LogP contribution in [0.4, 0.5) is 0 Å². The van der Waals surface area contributed by atoms with Crippen LogP contribution in [0.1, 0.15) is 32.6 Å². The Morgan fingerprint density at radius 1 is 1.40 bits per heavy atom. The molecule has 2 aliphatic rings. The van der Waals surface area contributed by atoms with Crippen molar-refractivity contribution in [1.82, 2.24) is 4.90 Å². The fraction of sp³-hybridized carbons (Fsp3) is 1.00. The molecule has 1 saturated heterocycles. The first-order valence-electron chi connectivity index (χ1n) is 6.19. The first-order valence-corrected chi connectivity index (χ1v) is 6.19. The predicted molar refractivity (Wildman–Crippen MR) is 61.8 cm³/mol. The van der Waals surface area contributed by atoms with Crippen LogP contribution in [0.15, 0.2) is 0 Å². The highest BCUT2D eigenvalue weighted by molar-refractivity contribution is 4.98. The van der Waals surface area contributed by atoms with Gasteiger partial charge in [-0.05, 0) is 33.2 Å². The van der Waals surface area contributed by atoms with Gasteiger partial charge in [-0.3, -0.25) is 4.90 Å². The van der Waals surface area contributed by atoms with Gasteiger partial charge < -0.3 is 10.5 Å². The summed E-state index contributed by atoms with van der Waals surface area (Å²) in [7, 11) is 2.25. The quantitative estimate of drug-likeness (QED) is 0.761. The van der Waals surface area contributed by atoms with Crippen LogP contribution >= 0.6 is 0 Å². The molecule has 15 heavy (non-hydrogen) atoms. The molecule has 2 rings (SSSR count). The Balaban J connectivity index is 2.04. The van der Waals surface area contributed by atoms with Gasteiger partial charge in [0, 0.05) is 30.7 Å². The van der Waals surface area contributed by atoms with E-state index in [-0.39, 0.29) is 5.54 Å². The Labute approximate surface area is 93.0 Å². The summed E-state index contributed by atoms with van der Waals surface area (Å²) in [5, 5.41) is 0. The van der Waals surface area contributed by atoms with E-state index in [4.69, 9.17) is 10.5 Å². The molecular weight excluding hydrogens is 188 g/mol. The summed E-state index contributed by atoms with van der Waals surface area (Å²) < 4.78 is 5.50. The van der Waals surface area contributed by atoms with E-state index >= 15 is 0 Å². The van der Waals surface area contributed by atoms with E-state index < -0.39 is 0 Å². The molecule has 0 bridgehead atoms. The molecule has 2 unspecified atom stereocenters. The fourth-order valence-electron chi connectivity index (χ4n) is 2.81. The van der Waals surface area contributed by atoms with Crippen LogP contribution in [0.2, 0.25) is 0 Å². The number of hydrogen-bond acceptors (Lipinski definition) is 3. The minimum absolute atomic E-state index is 0.140. The highest BCUT2D eigenvalue weighted by Gasteiger charge is 2.42. The van der Waals surface area contributed by atoms with Crippen molar-refractivity contribution in [2.24, 2.45) is 11.7 Å². The zero-order valence-electron chi connectivity index (χ0n) is 10.0. The van der Waals surface area contributed by atoms with Crippen LogP contribution in [0.3, 0.4) is 0 Å². The molecule has 0 aromatic heterocycles. The van der Waals surface area contributed by atoms with E-state index in [0.717, 1.165) is 25.8 Å². The lowest BCUT2D eigenvalue weighted by molar-refractivity contribution is 0.00570. The van der Waals surface area contributed by atoms with Crippen molar-refractivity contribution in [3.8, 4) is 0 Å². The van der Waals surface area contributed by atoms with Crippen molar-refractivity contribution in [3.05, 3.63) is 0 Å². The van der Waals surface area contributed by atoms with E-state index in [9.17, 15) is 0 Å². The van der Waals surface area contributed by atoms with Gasteiger partial charge in [-0.1, -0.05) is 6.42 Å². The number of hydrogen-bond donors (Lipinski definition) is 1. The van der Waals surface area contributed by atoms with Crippen LogP contribution in [0.5, 0.6) is 0 Å². The Kier molecular flexibility index (Phi) is 3.33. The summed E-state index contributed by atoms with van der Waals surface area (Å²) in [6.45, 7) is 4.86. The standard InChI is InChI=1S/C12H24N2O/c1-12(9-13,10-6-7-15-8-10)14(2)11-4-3-5-11/h10-11H,3-9,13H2,1-2H3. The second kappa shape index (κ2) is 4.40. The lowest BCUT2D eigenvalue weighted by atomic mass is 9.79. The monoisotopic (exact) mass is 212 g/mol. The molecule has 2 fully saturated rings. The summed E-state index contributed by atoms with van der Waals surface area (Å²) in [6.07, 6.45) is 5.25. The molecule has 0 aromatic carbocycles. The van der Waals surface area contributed by atoms with Gasteiger partial charge in [-0.2, -0.15) is 0 Å². The summed E-state index contributed by atoms with van der Waals surface area (Å²) >= 11 is 0. The summed E-state index contributed by atoms with van der Waals surface area (Å²) in [6, 6.07) is 0.763. The maximum atomic E-state index is 6.01. The second-order valence-electron chi connectivity index (χ2n) is 5.32. The summed E-state index contributed by atoms with van der Waals surface area (Å²) in [4.78, 5) is 2.52. The molecule has 1 heterocycles. The molecule has 0 spiro atoms. The zero-order chi connectivity index (χ0) is 10.9. The Hall–Kier alpha value is -0.120. The van der Waals surface area contributed by atoms with E-state index in [2.05, 4.69) is 18.9 Å². The predicted octanol–water partition coefficient (Wildman–Crippen LogP) is 1.22. The number of rotatable bonds is 4. The van der Waals surface area contributed by atoms with Crippen LogP contribution in [-0.4, -0.2) is 43.3 Å². The molecule has 88 valence electrons. The van der Waals surface area contributed by atoms with Crippen molar-refractivity contribution < 1.29 is 4.74 Å². The largest absolute Gasteiger partial charge is 0.381 e. The topological polar surface area (TPSA) is 38.5 Å². The average molecular weight is 212 g/mol. The fourth-order valence-corrected chi connectivity index (χ4v) is 2.81. The molecule has 1 aliphatic heterocycles. The number of ether oxygens (including phenoxy) is 1. The van der Waals surface area contributed by atoms with Gasteiger partial charge in [-0.15, -0.1) is 0 Å². The first kappa shape index (κ1) is 11.4. The van der Waals surface area contributed by atoms with Crippen LogP contribution in [0.25, 0.3) is 0 Å². The van der Waals surface area contributed by atoms with E-state index in [1.54, 1.807) is 0 Å². The molecule has 2 N–H and O–H groups in total. The smallest absolute Gasteiger partial charge is 0.0513 e. The Bertz CT molecular complexity index is 212. The van der Waals surface area contributed by atoms with Crippen LogP contribution in [-0.2, 0) is 4.74 Å². The van der Waals surface area contributed by atoms with Gasteiger partial charge in [0.05, 0.1) is 6.61 Å². The van der Waals surface area contributed by atoms with Crippen molar-refractivity contribution >= 4 is 0 Å². The Morgan fingerprint density at radius 2 is 2.13 bits per heavy atom. The highest BCUT2D eigenvalue weighted by atomic mass is 16.5. The maximum absolute atomic E-state index is 6.01. The molecule has 0 amide bonds. The van der Waals surface area contributed by atoms with Crippen LogP contribution in [0, 0.1) is 5.92 Å². The third kappa shape index (κ3) is 1.93. The van der Waals surface area contributed by atoms with Gasteiger partial charge in [-0.25, -0.2) is 0 Å². The molecule has 3 heteroatoms. The van der Waals surface area contributed by atoms with Gasteiger partial charge in [0.25, 0.3) is 0 Å². The highest BCUT2D eigenvalue weighted by Crippen LogP contribution is 2.35. The van der Waals surface area contributed by atoms with Gasteiger partial charge in [0.15, 0.2) is 0 Å². The first-order chi connectivity index (χ1) is 7.18. The number of likely N-dealkylation sites (N-methyl/N-ethyl adjacent to an activating group) is 1. The van der Waals surface area contributed by atoms with Crippen molar-refractivity contribution in [1.29, 1.82) is 0 Å². The van der Waals surface area contributed by atoms with Crippen molar-refractivity contribution in [2.75, 3.05) is 26.8 Å². The molecule has 1 saturated carbocycles. The lowest BCUT2D eigenvalue weighted by Crippen LogP contribution is -2.60. The normalized spacial score (nSPS) is 31.6. The summed E-state index contributed by atoms with van der Waals surface area (Å²) in [5.41, 5.74) is 6.15. The molecular formula is C12H24N2O. The van der Waals surface area contributed by atoms with Gasteiger partial charge in [0.2, 0.25) is 0 Å². The second-order valence-corrected chi connectivity index (χ2v) is 5.32. The summed E-state index contributed by atoms with van der Waals surface area (Å²) in [5.74, 6) is 0.619. The SMILES string of the molecule is CN(C1CCC1)C(C)(CN)C1CCOC1. The van der Waals surface area contributed by atoms with E-state index in [1.807, 2.05) is 0 Å². The minimum atomic E-state index is 0.140. The van der Waals surface area contributed by atoms with Gasteiger partial charge in [0.1, 0.15) is 0 Å². The Morgan fingerprint density at radius 3 is 2.53 bits per heavy atom. The van der Waals surface area contributed by atoms with Gasteiger partial charge >= 0.3 is 0 Å². The molecule has 3 nitrogen and oxygen atoms in total. The average Bonchev–Trinajstić information content (AvgIpc) is 2.66. The molecule has 2 atom stereocenters. The van der Waals surface area contributed by atoms with Crippen LogP contribution < -0.4 is 5.73 Å². The molecule has 0 aromatic rings. The maximum Gasteiger partial charge on any atom is 0.0513 e. The third-order valence-electron chi connectivity index (χ3n) is 4.65. The molecule has 0 radical (unpaired) electrons.